The predicted octanol–water partition coefficient (Wildman–Crippen LogP) is 4.21. The first-order valence-corrected chi connectivity index (χ1v) is 6.39. The molecule has 0 saturated heterocycles. The first-order chi connectivity index (χ1) is 9.52. The Kier molecular flexibility index (Phi) is 4.45. The zero-order valence-corrected chi connectivity index (χ0v) is 11.1. The molecule has 4 heteroatoms. The van der Waals surface area contributed by atoms with Crippen LogP contribution in [0.4, 0.5) is 13.2 Å². The second-order valence-electron chi connectivity index (χ2n) is 4.61. The van der Waals surface area contributed by atoms with Gasteiger partial charge in [0.15, 0.2) is 0 Å². The maximum absolute atomic E-state index is 13.0. The molecule has 2 aromatic carbocycles. The molecule has 0 aliphatic rings. The quantitative estimate of drug-likeness (QED) is 0.884. The Morgan fingerprint density at radius 3 is 2.15 bits per heavy atom. The van der Waals surface area contributed by atoms with Crippen LogP contribution >= 0.6 is 0 Å². The van der Waals surface area contributed by atoms with Crippen LogP contribution in [0.3, 0.4) is 0 Å². The van der Waals surface area contributed by atoms with E-state index in [0.29, 0.717) is 12.0 Å². The summed E-state index contributed by atoms with van der Waals surface area (Å²) in [5, 5.41) is 3.08. The maximum Gasteiger partial charge on any atom is 0.416 e. The van der Waals surface area contributed by atoms with E-state index >= 15 is 0 Å². The number of hydrogen-bond donors (Lipinski definition) is 1. The van der Waals surface area contributed by atoms with Gasteiger partial charge in [-0.25, -0.2) is 0 Å². The lowest BCUT2D eigenvalue weighted by Gasteiger charge is -2.19. The molecule has 0 aliphatic heterocycles. The van der Waals surface area contributed by atoms with E-state index in [0.717, 1.165) is 11.6 Å². The van der Waals surface area contributed by atoms with E-state index in [-0.39, 0.29) is 6.04 Å². The number of benzene rings is 2. The highest BCUT2D eigenvalue weighted by atomic mass is 19.4. The molecule has 0 unspecified atom stereocenters. The largest absolute Gasteiger partial charge is 0.416 e. The van der Waals surface area contributed by atoms with Crippen LogP contribution in [0.25, 0.3) is 0 Å². The number of alkyl halides is 3. The highest BCUT2D eigenvalue weighted by Crippen LogP contribution is 2.33. The topological polar surface area (TPSA) is 12.0 Å². The smallest absolute Gasteiger partial charge is 0.313 e. The molecule has 2 rings (SSSR count). The van der Waals surface area contributed by atoms with Crippen molar-refractivity contribution < 1.29 is 13.2 Å². The van der Waals surface area contributed by atoms with Crippen LogP contribution in [-0.4, -0.2) is 7.05 Å². The van der Waals surface area contributed by atoms with E-state index in [9.17, 15) is 13.2 Å². The number of likely N-dealkylation sites (N-methyl/N-ethyl adjacent to an activating group) is 1. The second kappa shape index (κ2) is 6.09. The van der Waals surface area contributed by atoms with Gasteiger partial charge >= 0.3 is 6.18 Å². The third-order valence-corrected chi connectivity index (χ3v) is 3.30. The molecule has 0 bridgehead atoms. The van der Waals surface area contributed by atoms with Gasteiger partial charge in [-0.3, -0.25) is 0 Å². The van der Waals surface area contributed by atoms with Crippen LogP contribution < -0.4 is 5.32 Å². The summed E-state index contributed by atoms with van der Waals surface area (Å²) in [7, 11) is 1.76. The van der Waals surface area contributed by atoms with Gasteiger partial charge in [-0.05, 0) is 30.7 Å². The molecule has 1 nitrogen and oxygen atoms in total. The number of hydrogen-bond acceptors (Lipinski definition) is 1. The normalized spacial score (nSPS) is 13.2. The standard InChI is InChI=1S/C16H16F3N/c1-20-15(12-7-3-2-4-8-12)11-13-9-5-6-10-14(13)16(17,18)19/h2-10,15,20H,11H2,1H3/t15-/m0/s1. The minimum absolute atomic E-state index is 0.139. The van der Waals surface area contributed by atoms with E-state index < -0.39 is 11.7 Å². The lowest BCUT2D eigenvalue weighted by atomic mass is 9.95. The lowest BCUT2D eigenvalue weighted by Crippen LogP contribution is -2.20. The SMILES string of the molecule is CN[C@@H](Cc1ccccc1C(F)(F)F)c1ccccc1. The summed E-state index contributed by atoms with van der Waals surface area (Å²) < 4.78 is 39.0. The average molecular weight is 279 g/mol. The van der Waals surface area contributed by atoms with Gasteiger partial charge in [0.2, 0.25) is 0 Å². The summed E-state index contributed by atoms with van der Waals surface area (Å²) >= 11 is 0. The zero-order chi connectivity index (χ0) is 14.6. The van der Waals surface area contributed by atoms with Crippen LogP contribution in [0.15, 0.2) is 54.6 Å². The van der Waals surface area contributed by atoms with Crippen LogP contribution in [0.2, 0.25) is 0 Å². The van der Waals surface area contributed by atoms with Gasteiger partial charge in [-0.2, -0.15) is 13.2 Å². The first-order valence-electron chi connectivity index (χ1n) is 6.39. The Morgan fingerprint density at radius 2 is 1.55 bits per heavy atom. The van der Waals surface area contributed by atoms with Crippen molar-refractivity contribution in [3.63, 3.8) is 0 Å². The van der Waals surface area contributed by atoms with E-state index in [4.69, 9.17) is 0 Å². The molecule has 20 heavy (non-hydrogen) atoms. The minimum atomic E-state index is -4.31. The van der Waals surface area contributed by atoms with Gasteiger partial charge in [-0.1, -0.05) is 48.5 Å². The molecule has 0 radical (unpaired) electrons. The van der Waals surface area contributed by atoms with Gasteiger partial charge < -0.3 is 5.32 Å². The van der Waals surface area contributed by atoms with E-state index in [2.05, 4.69) is 5.32 Å². The fourth-order valence-corrected chi connectivity index (χ4v) is 2.27. The molecule has 0 saturated carbocycles. The van der Waals surface area contributed by atoms with E-state index in [1.54, 1.807) is 13.1 Å². The Morgan fingerprint density at radius 1 is 0.950 bits per heavy atom. The zero-order valence-electron chi connectivity index (χ0n) is 11.1. The van der Waals surface area contributed by atoms with Crippen LogP contribution in [0.5, 0.6) is 0 Å². The van der Waals surface area contributed by atoms with Crippen molar-refractivity contribution in [2.24, 2.45) is 0 Å². The number of rotatable bonds is 4. The van der Waals surface area contributed by atoms with Gasteiger partial charge in [-0.15, -0.1) is 0 Å². The van der Waals surface area contributed by atoms with Crippen LogP contribution in [0.1, 0.15) is 22.7 Å². The maximum atomic E-state index is 13.0. The van der Waals surface area contributed by atoms with Crippen LogP contribution in [0, 0.1) is 0 Å². The Labute approximate surface area is 116 Å². The molecule has 0 fully saturated rings. The van der Waals surface area contributed by atoms with Crippen molar-refractivity contribution in [3.05, 3.63) is 71.3 Å². The number of nitrogens with one attached hydrogen (secondary N) is 1. The van der Waals surface area contributed by atoms with Gasteiger partial charge in [0.1, 0.15) is 0 Å². The van der Waals surface area contributed by atoms with E-state index in [1.165, 1.54) is 12.1 Å². The predicted molar refractivity (Wildman–Crippen MR) is 73.4 cm³/mol. The average Bonchev–Trinajstić information content (AvgIpc) is 2.45. The summed E-state index contributed by atoms with van der Waals surface area (Å²) in [4.78, 5) is 0. The monoisotopic (exact) mass is 279 g/mol. The molecule has 0 aromatic heterocycles. The molecule has 106 valence electrons. The summed E-state index contributed by atoms with van der Waals surface area (Å²) in [6.45, 7) is 0. The molecule has 0 aliphatic carbocycles. The Balaban J connectivity index is 2.29. The summed E-state index contributed by atoms with van der Waals surface area (Å²) in [6, 6.07) is 15.1. The lowest BCUT2D eigenvalue weighted by molar-refractivity contribution is -0.138. The molecule has 1 atom stereocenters. The third-order valence-electron chi connectivity index (χ3n) is 3.30. The summed E-state index contributed by atoms with van der Waals surface area (Å²) in [5.74, 6) is 0. The Hall–Kier alpha value is -1.81. The molecule has 0 amide bonds. The highest BCUT2D eigenvalue weighted by Gasteiger charge is 2.33. The highest BCUT2D eigenvalue weighted by molar-refractivity contribution is 5.32. The fraction of sp³-hybridized carbons (Fsp3) is 0.250. The fourth-order valence-electron chi connectivity index (χ4n) is 2.27. The summed E-state index contributed by atoms with van der Waals surface area (Å²) in [6.07, 6.45) is -4.01. The molecule has 1 N–H and O–H groups in total. The van der Waals surface area contributed by atoms with Crippen LogP contribution in [-0.2, 0) is 12.6 Å². The van der Waals surface area contributed by atoms with Crippen molar-refractivity contribution in [2.45, 2.75) is 18.6 Å². The van der Waals surface area contributed by atoms with Crippen molar-refractivity contribution in [2.75, 3.05) is 7.05 Å². The van der Waals surface area contributed by atoms with Crippen molar-refractivity contribution in [1.29, 1.82) is 0 Å². The molecular weight excluding hydrogens is 263 g/mol. The third kappa shape index (κ3) is 3.39. The Bertz CT molecular complexity index is 549. The van der Waals surface area contributed by atoms with Crippen molar-refractivity contribution in [1.82, 2.24) is 5.32 Å². The molecule has 0 spiro atoms. The molecule has 0 heterocycles. The van der Waals surface area contributed by atoms with E-state index in [1.807, 2.05) is 30.3 Å². The van der Waals surface area contributed by atoms with Gasteiger partial charge in [0.25, 0.3) is 0 Å². The molecular formula is C16H16F3N. The van der Waals surface area contributed by atoms with Crippen molar-refractivity contribution in [3.8, 4) is 0 Å². The first kappa shape index (κ1) is 14.6. The number of halogens is 3. The van der Waals surface area contributed by atoms with Gasteiger partial charge in [0, 0.05) is 6.04 Å². The second-order valence-corrected chi connectivity index (χ2v) is 4.61. The molecule has 2 aromatic rings. The summed E-state index contributed by atoms with van der Waals surface area (Å²) in [5.41, 5.74) is 0.728. The minimum Gasteiger partial charge on any atom is -0.313 e. The van der Waals surface area contributed by atoms with Crippen molar-refractivity contribution >= 4 is 0 Å². The van der Waals surface area contributed by atoms with Gasteiger partial charge in [0.05, 0.1) is 5.56 Å².